The van der Waals surface area contributed by atoms with Gasteiger partial charge in [0.15, 0.2) is 11.6 Å². The summed E-state index contributed by atoms with van der Waals surface area (Å²) in [7, 11) is 0. The van der Waals surface area contributed by atoms with Gasteiger partial charge in [-0.05, 0) is 6.07 Å². The zero-order chi connectivity index (χ0) is 14.0. The van der Waals surface area contributed by atoms with E-state index in [2.05, 4.69) is 10.1 Å². The van der Waals surface area contributed by atoms with Crippen molar-refractivity contribution in [2.75, 3.05) is 0 Å². The Morgan fingerprint density at radius 3 is 2.68 bits per heavy atom. The molecule has 102 valence electrons. The summed E-state index contributed by atoms with van der Waals surface area (Å²) in [6.45, 7) is 8.32. The van der Waals surface area contributed by atoms with Crippen LogP contribution in [-0.4, -0.2) is 20.5 Å². The van der Waals surface area contributed by atoms with Gasteiger partial charge in [-0.2, -0.15) is 4.98 Å². The molecule has 0 aliphatic heterocycles. The minimum absolute atomic E-state index is 0.00629. The Hall–Kier alpha value is -1.91. The van der Waals surface area contributed by atoms with Gasteiger partial charge in [0.2, 0.25) is 5.89 Å². The topological polar surface area (TPSA) is 60.9 Å². The number of ketones is 1. The number of carbonyl (C=O) groups excluding carboxylic acids is 1. The van der Waals surface area contributed by atoms with Crippen LogP contribution in [0.4, 0.5) is 0 Å². The Balaban J connectivity index is 2.09. The molecule has 0 fully saturated rings. The molecule has 0 aliphatic rings. The number of hydrogen-bond donors (Lipinski definition) is 0. The first kappa shape index (κ1) is 13.5. The number of aromatic nitrogens is 3. The minimum atomic E-state index is 0.00629. The maximum atomic E-state index is 11.8. The normalized spacial score (nSPS) is 11.5. The molecule has 5 nitrogen and oxygen atoms in total. The summed E-state index contributed by atoms with van der Waals surface area (Å²) in [5.74, 6) is 1.67. The van der Waals surface area contributed by atoms with Crippen molar-refractivity contribution in [3.63, 3.8) is 0 Å². The highest BCUT2D eigenvalue weighted by atomic mass is 16.5. The van der Waals surface area contributed by atoms with Gasteiger partial charge in [0.1, 0.15) is 6.54 Å². The van der Waals surface area contributed by atoms with E-state index < -0.39 is 0 Å². The lowest BCUT2D eigenvalue weighted by Crippen LogP contribution is -2.06. The van der Waals surface area contributed by atoms with Crippen molar-refractivity contribution in [3.05, 3.63) is 35.7 Å². The van der Waals surface area contributed by atoms with Gasteiger partial charge < -0.3 is 9.09 Å². The summed E-state index contributed by atoms with van der Waals surface area (Å²) in [5, 5.41) is 3.92. The van der Waals surface area contributed by atoms with E-state index in [1.807, 2.05) is 50.7 Å². The van der Waals surface area contributed by atoms with E-state index in [-0.39, 0.29) is 17.6 Å². The van der Waals surface area contributed by atoms with Crippen LogP contribution in [0.15, 0.2) is 23.0 Å². The Bertz CT molecular complexity index is 567. The van der Waals surface area contributed by atoms with Gasteiger partial charge in [0, 0.05) is 29.8 Å². The second kappa shape index (κ2) is 5.38. The molecule has 0 N–H and O–H groups in total. The molecule has 0 unspecified atom stereocenters. The van der Waals surface area contributed by atoms with Gasteiger partial charge in [-0.1, -0.05) is 32.9 Å². The quantitative estimate of drug-likeness (QED) is 0.776. The first-order valence-electron chi connectivity index (χ1n) is 6.50. The predicted octanol–water partition coefficient (Wildman–Crippen LogP) is 2.88. The van der Waals surface area contributed by atoms with Crippen LogP contribution in [0.25, 0.3) is 0 Å². The van der Waals surface area contributed by atoms with Crippen molar-refractivity contribution >= 4 is 5.78 Å². The summed E-state index contributed by atoms with van der Waals surface area (Å²) in [6, 6.07) is 1.82. The molecule has 0 atom stereocenters. The van der Waals surface area contributed by atoms with Crippen LogP contribution in [-0.2, 0) is 6.54 Å². The zero-order valence-corrected chi connectivity index (χ0v) is 11.8. The highest BCUT2D eigenvalue weighted by Gasteiger charge is 2.13. The third kappa shape index (κ3) is 3.10. The molecule has 0 aromatic carbocycles. The summed E-state index contributed by atoms with van der Waals surface area (Å²) < 4.78 is 7.06. The smallest absolute Gasteiger partial charge is 0.246 e. The first-order valence-corrected chi connectivity index (χ1v) is 6.50. The van der Waals surface area contributed by atoms with Crippen LogP contribution in [0, 0.1) is 5.92 Å². The molecule has 2 rings (SSSR count). The first-order chi connectivity index (χ1) is 8.97. The Kier molecular flexibility index (Phi) is 3.83. The lowest BCUT2D eigenvalue weighted by molar-refractivity contribution is 0.0939. The molecule has 0 saturated heterocycles. The average Bonchev–Trinajstić information content (AvgIpc) is 2.97. The molecule has 0 amide bonds. The summed E-state index contributed by atoms with van der Waals surface area (Å²) in [6.07, 6.45) is 3.68. The average molecular weight is 261 g/mol. The van der Waals surface area contributed by atoms with Gasteiger partial charge in [-0.3, -0.25) is 4.79 Å². The fourth-order valence-corrected chi connectivity index (χ4v) is 1.74. The molecule has 19 heavy (non-hydrogen) atoms. The van der Waals surface area contributed by atoms with E-state index in [1.54, 1.807) is 0 Å². The van der Waals surface area contributed by atoms with Gasteiger partial charge in [-0.25, -0.2) is 0 Å². The van der Waals surface area contributed by atoms with Crippen molar-refractivity contribution in [2.24, 2.45) is 5.92 Å². The second-order valence-corrected chi connectivity index (χ2v) is 5.29. The maximum absolute atomic E-state index is 11.8. The molecule has 0 saturated carbocycles. The van der Waals surface area contributed by atoms with Crippen LogP contribution in [0.3, 0.4) is 0 Å². The molecule has 2 heterocycles. The van der Waals surface area contributed by atoms with E-state index in [0.717, 1.165) is 5.56 Å². The molecule has 5 heteroatoms. The fraction of sp³-hybridized carbons (Fsp3) is 0.500. The summed E-state index contributed by atoms with van der Waals surface area (Å²) in [5.41, 5.74) is 0.721. The zero-order valence-electron chi connectivity index (χ0n) is 11.8. The Labute approximate surface area is 112 Å². The lowest BCUT2D eigenvalue weighted by atomic mass is 10.0. The number of Topliss-reactive ketones (excluding diaryl/α,β-unsaturated/α-hetero) is 1. The predicted molar refractivity (Wildman–Crippen MR) is 71.1 cm³/mol. The molecule has 0 aliphatic carbocycles. The fourth-order valence-electron chi connectivity index (χ4n) is 1.74. The minimum Gasteiger partial charge on any atom is -0.344 e. The number of rotatable bonds is 5. The second-order valence-electron chi connectivity index (χ2n) is 5.29. The van der Waals surface area contributed by atoms with Crippen LogP contribution in [0.1, 0.15) is 55.7 Å². The van der Waals surface area contributed by atoms with Gasteiger partial charge in [0.25, 0.3) is 0 Å². The molecule has 2 aromatic rings. The molecule has 0 radical (unpaired) electrons. The van der Waals surface area contributed by atoms with Crippen LogP contribution in [0.5, 0.6) is 0 Å². The molecular weight excluding hydrogens is 242 g/mol. The Morgan fingerprint density at radius 1 is 1.37 bits per heavy atom. The SMILES string of the molecule is CC(C)C(=O)c1ccn(Cc2nc(C(C)C)no2)c1. The Morgan fingerprint density at radius 2 is 2.11 bits per heavy atom. The third-order valence-corrected chi connectivity index (χ3v) is 2.88. The molecule has 2 aromatic heterocycles. The van der Waals surface area contributed by atoms with E-state index in [4.69, 9.17) is 4.52 Å². The lowest BCUT2D eigenvalue weighted by Gasteiger charge is -2.00. The van der Waals surface area contributed by atoms with Crippen LogP contribution in [0.2, 0.25) is 0 Å². The molecule has 0 bridgehead atoms. The van der Waals surface area contributed by atoms with Gasteiger partial charge >= 0.3 is 0 Å². The van der Waals surface area contributed by atoms with E-state index in [0.29, 0.717) is 18.3 Å². The van der Waals surface area contributed by atoms with Crippen molar-refractivity contribution in [1.29, 1.82) is 0 Å². The number of carbonyl (C=O) groups is 1. The third-order valence-electron chi connectivity index (χ3n) is 2.88. The number of nitrogens with zero attached hydrogens (tertiary/aromatic N) is 3. The van der Waals surface area contributed by atoms with Crippen LogP contribution < -0.4 is 0 Å². The van der Waals surface area contributed by atoms with Crippen molar-refractivity contribution < 1.29 is 9.32 Å². The number of hydrogen-bond acceptors (Lipinski definition) is 4. The van der Waals surface area contributed by atoms with Gasteiger partial charge in [0.05, 0.1) is 0 Å². The van der Waals surface area contributed by atoms with Crippen molar-refractivity contribution in [3.8, 4) is 0 Å². The van der Waals surface area contributed by atoms with Crippen molar-refractivity contribution in [2.45, 2.75) is 40.2 Å². The summed E-state index contributed by atoms with van der Waals surface area (Å²) >= 11 is 0. The van der Waals surface area contributed by atoms with E-state index >= 15 is 0 Å². The van der Waals surface area contributed by atoms with Crippen LogP contribution >= 0.6 is 0 Å². The highest BCUT2D eigenvalue weighted by Crippen LogP contribution is 2.13. The van der Waals surface area contributed by atoms with E-state index in [1.165, 1.54) is 0 Å². The monoisotopic (exact) mass is 261 g/mol. The van der Waals surface area contributed by atoms with E-state index in [9.17, 15) is 4.79 Å². The van der Waals surface area contributed by atoms with Gasteiger partial charge in [-0.15, -0.1) is 0 Å². The summed E-state index contributed by atoms with van der Waals surface area (Å²) in [4.78, 5) is 16.1. The highest BCUT2D eigenvalue weighted by molar-refractivity contribution is 5.97. The molecule has 0 spiro atoms. The maximum Gasteiger partial charge on any atom is 0.246 e. The molecular formula is C14H19N3O2. The largest absolute Gasteiger partial charge is 0.344 e. The van der Waals surface area contributed by atoms with Crippen molar-refractivity contribution in [1.82, 2.24) is 14.7 Å². The standard InChI is InChI=1S/C14H19N3O2/c1-9(2)13(18)11-5-6-17(7-11)8-12-15-14(10(3)4)16-19-12/h5-7,9-10H,8H2,1-4H3.